The predicted octanol–water partition coefficient (Wildman–Crippen LogP) is 2.00. The van der Waals surface area contributed by atoms with Gasteiger partial charge in [0.25, 0.3) is 5.91 Å². The molecule has 0 aliphatic heterocycles. The van der Waals surface area contributed by atoms with Crippen molar-refractivity contribution in [3.8, 4) is 0 Å². The van der Waals surface area contributed by atoms with Gasteiger partial charge in [-0.25, -0.2) is 8.42 Å². The van der Waals surface area contributed by atoms with Crippen LogP contribution in [-0.2, 0) is 16.4 Å². The molecule has 1 heterocycles. The van der Waals surface area contributed by atoms with Crippen molar-refractivity contribution >= 4 is 27.3 Å². The van der Waals surface area contributed by atoms with Gasteiger partial charge in [-0.1, -0.05) is 11.6 Å². The number of aromatic nitrogens is 1. The zero-order valence-electron chi connectivity index (χ0n) is 10.7. The topological polar surface area (TPSA) is 79.0 Å². The van der Waals surface area contributed by atoms with Gasteiger partial charge in [0, 0.05) is 30.8 Å². The Bertz CT molecular complexity index is 724. The first-order valence-corrected chi connectivity index (χ1v) is 8.04. The number of sulfone groups is 1. The van der Waals surface area contributed by atoms with Crippen molar-refractivity contribution in [2.75, 3.05) is 6.26 Å². The van der Waals surface area contributed by atoms with Gasteiger partial charge in [-0.05, 0) is 29.8 Å². The van der Waals surface area contributed by atoms with E-state index in [0.29, 0.717) is 6.54 Å². The van der Waals surface area contributed by atoms with Gasteiger partial charge < -0.3 is 10.3 Å². The Labute approximate surface area is 121 Å². The lowest BCUT2D eigenvalue weighted by Gasteiger charge is -2.07. The van der Waals surface area contributed by atoms with Gasteiger partial charge in [0.1, 0.15) is 0 Å². The lowest BCUT2D eigenvalue weighted by Crippen LogP contribution is -2.22. The summed E-state index contributed by atoms with van der Waals surface area (Å²) in [5, 5.41) is 2.81. The number of H-pyrrole nitrogens is 1. The van der Waals surface area contributed by atoms with E-state index >= 15 is 0 Å². The highest BCUT2D eigenvalue weighted by Gasteiger charge is 2.15. The van der Waals surface area contributed by atoms with E-state index in [1.165, 1.54) is 18.2 Å². The van der Waals surface area contributed by atoms with Crippen molar-refractivity contribution in [1.82, 2.24) is 10.3 Å². The second kappa shape index (κ2) is 5.68. The van der Waals surface area contributed by atoms with E-state index < -0.39 is 9.84 Å². The molecular weight excluding hydrogens is 300 g/mol. The van der Waals surface area contributed by atoms with Crippen LogP contribution in [0.15, 0.2) is 41.6 Å². The molecule has 0 atom stereocenters. The largest absolute Gasteiger partial charge is 0.367 e. The Morgan fingerprint density at radius 1 is 1.35 bits per heavy atom. The summed E-state index contributed by atoms with van der Waals surface area (Å²) in [6.45, 7) is 0.360. The van der Waals surface area contributed by atoms with E-state index in [9.17, 15) is 13.2 Å². The minimum absolute atomic E-state index is 0.0477. The third-order valence-corrected chi connectivity index (χ3v) is 4.29. The van der Waals surface area contributed by atoms with Crippen molar-refractivity contribution in [2.45, 2.75) is 11.4 Å². The van der Waals surface area contributed by atoms with Crippen LogP contribution in [0.3, 0.4) is 0 Å². The Morgan fingerprint density at radius 3 is 2.70 bits per heavy atom. The average Bonchev–Trinajstić information content (AvgIpc) is 2.88. The van der Waals surface area contributed by atoms with Crippen molar-refractivity contribution in [3.05, 3.63) is 52.8 Å². The van der Waals surface area contributed by atoms with Crippen LogP contribution in [0.2, 0.25) is 5.02 Å². The van der Waals surface area contributed by atoms with Gasteiger partial charge >= 0.3 is 0 Å². The van der Waals surface area contributed by atoms with Crippen molar-refractivity contribution in [1.29, 1.82) is 0 Å². The third-order valence-electron chi connectivity index (χ3n) is 2.71. The fourth-order valence-corrected chi connectivity index (χ4v) is 2.98. The SMILES string of the molecule is CS(=O)(=O)c1cc(C(=O)NCc2cc[nH]c2)ccc1Cl. The molecule has 0 spiro atoms. The molecule has 2 rings (SSSR count). The lowest BCUT2D eigenvalue weighted by molar-refractivity contribution is 0.0950. The molecule has 0 aliphatic carbocycles. The molecule has 0 radical (unpaired) electrons. The summed E-state index contributed by atoms with van der Waals surface area (Å²) in [6.07, 6.45) is 4.57. The van der Waals surface area contributed by atoms with E-state index in [1.54, 1.807) is 12.4 Å². The molecule has 0 saturated carbocycles. The van der Waals surface area contributed by atoms with E-state index in [2.05, 4.69) is 10.3 Å². The molecule has 2 aromatic rings. The smallest absolute Gasteiger partial charge is 0.251 e. The highest BCUT2D eigenvalue weighted by molar-refractivity contribution is 7.90. The molecule has 20 heavy (non-hydrogen) atoms. The van der Waals surface area contributed by atoms with Crippen LogP contribution in [0.5, 0.6) is 0 Å². The maximum Gasteiger partial charge on any atom is 0.251 e. The summed E-state index contributed by atoms with van der Waals surface area (Å²) in [7, 11) is -3.46. The van der Waals surface area contributed by atoms with Gasteiger partial charge in [0.2, 0.25) is 0 Å². The first kappa shape index (κ1) is 14.6. The lowest BCUT2D eigenvalue weighted by atomic mass is 10.2. The van der Waals surface area contributed by atoms with Crippen LogP contribution < -0.4 is 5.32 Å². The highest BCUT2D eigenvalue weighted by Crippen LogP contribution is 2.22. The first-order valence-electron chi connectivity index (χ1n) is 5.77. The van der Waals surface area contributed by atoms with Gasteiger partial charge in [0.15, 0.2) is 9.84 Å². The molecule has 1 aromatic carbocycles. The summed E-state index contributed by atoms with van der Waals surface area (Å²) in [6, 6.07) is 6.01. The zero-order chi connectivity index (χ0) is 14.8. The summed E-state index contributed by atoms with van der Waals surface area (Å²) in [4.78, 5) is 14.8. The number of carbonyl (C=O) groups excluding carboxylic acids is 1. The molecule has 0 fully saturated rings. The molecule has 0 bridgehead atoms. The highest BCUT2D eigenvalue weighted by atomic mass is 35.5. The summed E-state index contributed by atoms with van der Waals surface area (Å²) < 4.78 is 23.1. The number of benzene rings is 1. The van der Waals surface area contributed by atoms with Crippen LogP contribution in [0.1, 0.15) is 15.9 Å². The Morgan fingerprint density at radius 2 is 2.10 bits per heavy atom. The molecule has 5 nitrogen and oxygen atoms in total. The van der Waals surface area contributed by atoms with Crippen molar-refractivity contribution in [3.63, 3.8) is 0 Å². The molecule has 1 amide bonds. The van der Waals surface area contributed by atoms with Crippen LogP contribution >= 0.6 is 11.6 Å². The monoisotopic (exact) mass is 312 g/mol. The van der Waals surface area contributed by atoms with E-state index in [1.807, 2.05) is 6.07 Å². The summed E-state index contributed by atoms with van der Waals surface area (Å²) >= 11 is 5.83. The number of halogens is 1. The quantitative estimate of drug-likeness (QED) is 0.906. The average molecular weight is 313 g/mol. The van der Waals surface area contributed by atoms with E-state index in [-0.39, 0.29) is 21.4 Å². The fraction of sp³-hybridized carbons (Fsp3) is 0.154. The Kier molecular flexibility index (Phi) is 4.15. The number of aromatic amines is 1. The van der Waals surface area contributed by atoms with Gasteiger partial charge in [-0.15, -0.1) is 0 Å². The number of amides is 1. The molecule has 0 unspecified atom stereocenters. The molecule has 0 aliphatic rings. The fourth-order valence-electron chi connectivity index (χ4n) is 1.68. The number of rotatable bonds is 4. The second-order valence-corrected chi connectivity index (χ2v) is 6.71. The zero-order valence-corrected chi connectivity index (χ0v) is 12.3. The van der Waals surface area contributed by atoms with Crippen LogP contribution in [0, 0.1) is 0 Å². The van der Waals surface area contributed by atoms with Gasteiger partial charge in [-0.3, -0.25) is 4.79 Å². The number of nitrogens with one attached hydrogen (secondary N) is 2. The van der Waals surface area contributed by atoms with Crippen LogP contribution in [0.4, 0.5) is 0 Å². The molecule has 1 aromatic heterocycles. The number of hydrogen-bond donors (Lipinski definition) is 2. The minimum Gasteiger partial charge on any atom is -0.367 e. The molecule has 106 valence electrons. The third kappa shape index (κ3) is 3.40. The van der Waals surface area contributed by atoms with Gasteiger partial charge in [0.05, 0.1) is 9.92 Å². The Hall–Kier alpha value is -1.79. The standard InChI is InChI=1S/C13H13ClN2O3S/c1-20(18,19)12-6-10(2-3-11(12)14)13(17)16-8-9-4-5-15-7-9/h2-7,15H,8H2,1H3,(H,16,17). The Balaban J connectivity index is 2.18. The molecule has 7 heteroatoms. The summed E-state index contributed by atoms with van der Waals surface area (Å²) in [5.41, 5.74) is 1.18. The maximum absolute atomic E-state index is 12.0. The van der Waals surface area contributed by atoms with Crippen LogP contribution in [-0.4, -0.2) is 25.6 Å². The summed E-state index contributed by atoms with van der Waals surface area (Å²) in [5.74, 6) is -0.354. The molecular formula is C13H13ClN2O3S. The van der Waals surface area contributed by atoms with Crippen LogP contribution in [0.25, 0.3) is 0 Å². The maximum atomic E-state index is 12.0. The van der Waals surface area contributed by atoms with E-state index in [4.69, 9.17) is 11.6 Å². The molecule has 0 saturated heterocycles. The number of carbonyl (C=O) groups is 1. The van der Waals surface area contributed by atoms with Gasteiger partial charge in [-0.2, -0.15) is 0 Å². The molecule has 2 N–H and O–H groups in total. The van der Waals surface area contributed by atoms with Crippen molar-refractivity contribution < 1.29 is 13.2 Å². The second-order valence-electron chi connectivity index (χ2n) is 4.32. The normalized spacial score (nSPS) is 11.3. The number of hydrogen-bond acceptors (Lipinski definition) is 3. The predicted molar refractivity (Wildman–Crippen MR) is 76.5 cm³/mol. The van der Waals surface area contributed by atoms with Crippen molar-refractivity contribution in [2.24, 2.45) is 0 Å². The van der Waals surface area contributed by atoms with E-state index in [0.717, 1.165) is 11.8 Å². The first-order chi connectivity index (χ1) is 9.38. The minimum atomic E-state index is -3.46.